The van der Waals surface area contributed by atoms with E-state index in [4.69, 9.17) is 5.26 Å². The summed E-state index contributed by atoms with van der Waals surface area (Å²) >= 11 is 5.81. The molecule has 0 spiro atoms. The van der Waals surface area contributed by atoms with Gasteiger partial charge in [-0.1, -0.05) is 0 Å². The van der Waals surface area contributed by atoms with E-state index in [1.54, 1.807) is 0 Å². The third-order valence-electron chi connectivity index (χ3n) is 6.08. The van der Waals surface area contributed by atoms with E-state index in [-0.39, 0.29) is 31.4 Å². The molecule has 0 radical (unpaired) electrons. The zero-order valence-corrected chi connectivity index (χ0v) is 24.7. The van der Waals surface area contributed by atoms with Gasteiger partial charge in [0, 0.05) is 25.6 Å². The van der Waals surface area contributed by atoms with Crippen molar-refractivity contribution < 1.29 is 40.3 Å². The Labute approximate surface area is 260 Å². The van der Waals surface area contributed by atoms with Crippen LogP contribution in [0.3, 0.4) is 0 Å². The number of alkyl halides is 7. The van der Waals surface area contributed by atoms with E-state index in [0.29, 0.717) is 23.4 Å². The van der Waals surface area contributed by atoms with Gasteiger partial charge in [-0.05, 0) is 86.5 Å². The Morgan fingerprint density at radius 2 is 1.45 bits per heavy atom. The van der Waals surface area contributed by atoms with Crippen molar-refractivity contribution >= 4 is 55.0 Å². The number of benzene rings is 3. The lowest BCUT2D eigenvalue weighted by molar-refractivity contribution is -0.273. The smallest absolute Gasteiger partial charge is 0.320 e. The quantitative estimate of drug-likeness (QED) is 0.187. The normalized spacial score (nSPS) is 13.1. The number of halogens is 9. The number of carbonyl (C=O) groups is 2. The molecule has 228 valence electrons. The van der Waals surface area contributed by atoms with Gasteiger partial charge < -0.3 is 10.6 Å². The summed E-state index contributed by atoms with van der Waals surface area (Å²) in [5.41, 5.74) is -5.50. The van der Waals surface area contributed by atoms with Crippen LogP contribution >= 0.6 is 31.9 Å². The van der Waals surface area contributed by atoms with Crippen LogP contribution in [0.4, 0.5) is 42.1 Å². The van der Waals surface area contributed by atoms with Gasteiger partial charge in [-0.25, -0.2) is 14.1 Å². The lowest BCUT2D eigenvalue weighted by Crippen LogP contribution is -2.42. The van der Waals surface area contributed by atoms with Crippen LogP contribution in [0.5, 0.6) is 0 Å². The molecule has 4 rings (SSSR count). The van der Waals surface area contributed by atoms with Crippen molar-refractivity contribution in [2.24, 2.45) is 0 Å². The molecular weight excluding hydrogens is 733 g/mol. The summed E-state index contributed by atoms with van der Waals surface area (Å²) in [7, 11) is 0. The third-order valence-corrected chi connectivity index (χ3v) is 7.33. The maximum atomic E-state index is 15.0. The van der Waals surface area contributed by atoms with Crippen LogP contribution < -0.4 is 10.6 Å². The number of rotatable bonds is 7. The molecule has 1 aromatic heterocycles. The minimum absolute atomic E-state index is 0.0703. The lowest BCUT2D eigenvalue weighted by Gasteiger charge is -2.30. The van der Waals surface area contributed by atoms with Crippen molar-refractivity contribution in [2.75, 3.05) is 10.6 Å². The van der Waals surface area contributed by atoms with Crippen LogP contribution in [0, 0.1) is 11.3 Å². The van der Waals surface area contributed by atoms with Crippen molar-refractivity contribution in [3.63, 3.8) is 0 Å². The molecule has 0 saturated carbocycles. The minimum atomic E-state index is -5.91. The summed E-state index contributed by atoms with van der Waals surface area (Å²) in [5.74, 6) is -1.46. The van der Waals surface area contributed by atoms with Crippen molar-refractivity contribution in [1.82, 2.24) is 14.8 Å². The second kappa shape index (κ2) is 12.4. The molecule has 0 fully saturated rings. The van der Waals surface area contributed by atoms with Gasteiger partial charge in [0.1, 0.15) is 12.7 Å². The molecule has 1 atom stereocenters. The zero-order chi connectivity index (χ0) is 32.4. The first-order valence-corrected chi connectivity index (χ1v) is 13.5. The first-order chi connectivity index (χ1) is 20.5. The highest BCUT2D eigenvalue weighted by molar-refractivity contribution is 9.11. The van der Waals surface area contributed by atoms with Crippen molar-refractivity contribution in [1.29, 1.82) is 5.26 Å². The number of hydrogen-bond acceptors (Lipinski definition) is 5. The Morgan fingerprint density at radius 1 is 0.864 bits per heavy atom. The Morgan fingerprint density at radius 3 is 1.98 bits per heavy atom. The van der Waals surface area contributed by atoms with Crippen LogP contribution in [-0.2, 0) is 5.67 Å². The molecular formula is C27H15Br2F7N6O2. The van der Waals surface area contributed by atoms with Gasteiger partial charge in [-0.3, -0.25) is 9.59 Å². The molecule has 0 saturated heterocycles. The van der Waals surface area contributed by atoms with E-state index in [1.807, 2.05) is 6.07 Å². The Kier molecular flexibility index (Phi) is 9.16. The molecule has 0 aliphatic carbocycles. The second-order valence-corrected chi connectivity index (χ2v) is 10.8. The number of amides is 2. The third kappa shape index (κ3) is 7.08. The first-order valence-electron chi connectivity index (χ1n) is 12.0. The monoisotopic (exact) mass is 746 g/mol. The number of nitriles is 1. The summed E-state index contributed by atoms with van der Waals surface area (Å²) < 4.78 is 94.7. The maximum absolute atomic E-state index is 15.0. The fourth-order valence-electron chi connectivity index (χ4n) is 3.95. The molecule has 44 heavy (non-hydrogen) atoms. The molecule has 2 amide bonds. The summed E-state index contributed by atoms with van der Waals surface area (Å²) in [6.45, 7) is 0. The Bertz CT molecular complexity index is 1730. The van der Waals surface area contributed by atoms with Crippen LogP contribution in [0.2, 0.25) is 0 Å². The molecule has 1 unspecified atom stereocenters. The fraction of sp³-hybridized carbons (Fsp3) is 0.148. The standard InChI is InChI=1S/C27H15Br2F7N6O2/c28-18-8-17(25(30,27(34,35)36)11-26(31,32)33)9-19(29)22(18)41-24(44)16-5-6-21(42-13-38-12-39-42)20(7-16)40-23(43)15-3-1-14(10-37)2-4-15/h1-9,12-13H,11H2,(H,40,43)(H,41,44). The summed E-state index contributed by atoms with van der Waals surface area (Å²) in [6.07, 6.45) is -11.7. The second-order valence-electron chi connectivity index (χ2n) is 9.08. The van der Waals surface area contributed by atoms with Crippen LogP contribution in [0.1, 0.15) is 38.3 Å². The molecule has 17 heteroatoms. The highest BCUT2D eigenvalue weighted by Crippen LogP contribution is 2.51. The van der Waals surface area contributed by atoms with Gasteiger partial charge >= 0.3 is 12.4 Å². The first kappa shape index (κ1) is 32.6. The highest BCUT2D eigenvalue weighted by atomic mass is 79.9. The molecule has 0 aliphatic heterocycles. The summed E-state index contributed by atoms with van der Waals surface area (Å²) in [5, 5.41) is 18.0. The summed E-state index contributed by atoms with van der Waals surface area (Å²) in [4.78, 5) is 30.0. The number of hydrogen-bond donors (Lipinski definition) is 2. The average Bonchev–Trinajstić information content (AvgIpc) is 3.48. The zero-order valence-electron chi connectivity index (χ0n) is 21.6. The van der Waals surface area contributed by atoms with E-state index in [9.17, 15) is 40.3 Å². The van der Waals surface area contributed by atoms with Gasteiger partial charge in [0.15, 0.2) is 0 Å². The Hall–Kier alpha value is -4.30. The van der Waals surface area contributed by atoms with Crippen LogP contribution in [0.25, 0.3) is 5.69 Å². The molecule has 0 aliphatic rings. The number of aromatic nitrogens is 3. The van der Waals surface area contributed by atoms with Gasteiger partial charge in [0.2, 0.25) is 5.67 Å². The SMILES string of the molecule is N#Cc1ccc(C(=O)Nc2cc(C(=O)Nc3c(Br)cc(C(F)(CC(F)(F)F)C(F)(F)F)cc3Br)ccc2-n2cncn2)cc1. The topological polar surface area (TPSA) is 113 Å². The number of nitrogens with one attached hydrogen (secondary N) is 2. The molecule has 4 aromatic rings. The summed E-state index contributed by atoms with van der Waals surface area (Å²) in [6, 6.07) is 12.6. The number of carbonyl (C=O) groups excluding carboxylic acids is 2. The van der Waals surface area contributed by atoms with Crippen molar-refractivity contribution in [3.05, 3.63) is 98.5 Å². The van der Waals surface area contributed by atoms with Crippen molar-refractivity contribution in [3.8, 4) is 11.8 Å². The Balaban J connectivity index is 1.66. The fourth-order valence-corrected chi connectivity index (χ4v) is 5.33. The molecule has 0 bridgehead atoms. The van der Waals surface area contributed by atoms with E-state index >= 15 is 0 Å². The average molecular weight is 748 g/mol. The van der Waals surface area contributed by atoms with E-state index in [1.165, 1.54) is 59.8 Å². The van der Waals surface area contributed by atoms with E-state index in [2.05, 4.69) is 52.6 Å². The van der Waals surface area contributed by atoms with E-state index < -0.39 is 41.8 Å². The van der Waals surface area contributed by atoms with Gasteiger partial charge in [-0.15, -0.1) is 0 Å². The largest absolute Gasteiger partial charge is 0.427 e. The molecule has 1 heterocycles. The van der Waals surface area contributed by atoms with E-state index in [0.717, 1.165) is 0 Å². The number of nitrogens with zero attached hydrogens (tertiary/aromatic N) is 4. The predicted octanol–water partition coefficient (Wildman–Crippen LogP) is 7.85. The molecule has 3 aromatic carbocycles. The molecule has 8 nitrogen and oxygen atoms in total. The van der Waals surface area contributed by atoms with Crippen molar-refractivity contribution in [2.45, 2.75) is 24.4 Å². The van der Waals surface area contributed by atoms with Gasteiger partial charge in [0.05, 0.1) is 35.1 Å². The lowest BCUT2D eigenvalue weighted by atomic mass is 9.91. The maximum Gasteiger partial charge on any atom is 0.427 e. The van der Waals surface area contributed by atoms with Crippen LogP contribution in [-0.4, -0.2) is 38.9 Å². The minimum Gasteiger partial charge on any atom is -0.320 e. The van der Waals surface area contributed by atoms with Gasteiger partial charge in [-0.2, -0.15) is 36.7 Å². The predicted molar refractivity (Wildman–Crippen MR) is 150 cm³/mol. The highest BCUT2D eigenvalue weighted by Gasteiger charge is 2.62. The molecule has 2 N–H and O–H groups in total. The van der Waals surface area contributed by atoms with Crippen LogP contribution in [0.15, 0.2) is 76.2 Å². The number of anilines is 2. The van der Waals surface area contributed by atoms with Gasteiger partial charge in [0.25, 0.3) is 11.8 Å².